The molecule has 27 heavy (non-hydrogen) atoms. The summed E-state index contributed by atoms with van der Waals surface area (Å²) in [5.74, 6) is 2.16. The molecule has 1 aliphatic carbocycles. The molecule has 0 N–H and O–H groups in total. The topological polar surface area (TPSA) is 32.8 Å². The minimum absolute atomic E-state index is 0.295. The largest absolute Gasteiger partial charge is 0.414 e. The van der Waals surface area contributed by atoms with Crippen LogP contribution in [0.1, 0.15) is 51.4 Å². The SMILES string of the molecule is CN(CC[C@H]1CC[C@H](CN2CCCCC2)CC1)C(=O)Oc1ccc(Cl)cc1. The minimum Gasteiger partial charge on any atom is -0.410 e. The number of likely N-dealkylation sites (tertiary alicyclic amines) is 1. The Kier molecular flexibility index (Phi) is 7.83. The molecular weight excluding hydrogens is 360 g/mol. The van der Waals surface area contributed by atoms with Crippen LogP contribution in [-0.2, 0) is 0 Å². The Morgan fingerprint density at radius 3 is 2.37 bits per heavy atom. The first kappa shape index (κ1) is 20.5. The van der Waals surface area contributed by atoms with Gasteiger partial charge in [0.15, 0.2) is 0 Å². The van der Waals surface area contributed by atoms with Crippen molar-refractivity contribution in [2.45, 2.75) is 51.4 Å². The number of carbonyl (C=O) groups excluding carboxylic acids is 1. The number of rotatable bonds is 6. The van der Waals surface area contributed by atoms with E-state index in [-0.39, 0.29) is 6.09 Å². The molecule has 0 aromatic heterocycles. The molecule has 1 heterocycles. The Hall–Kier alpha value is -1.26. The molecule has 150 valence electrons. The maximum Gasteiger partial charge on any atom is 0.414 e. The van der Waals surface area contributed by atoms with Crippen LogP contribution in [0, 0.1) is 11.8 Å². The van der Waals surface area contributed by atoms with Crippen LogP contribution in [0.5, 0.6) is 5.75 Å². The molecule has 1 saturated heterocycles. The standard InChI is InChI=1S/C22H33ClN2O2/c1-24(22(26)27-21-11-9-20(23)10-12-21)16-13-18-5-7-19(8-6-18)17-25-14-3-2-4-15-25/h9-12,18-19H,2-8,13-17H2,1H3/t18-,19-. The van der Waals surface area contributed by atoms with Crippen LogP contribution in [-0.4, -0.2) is 49.1 Å². The van der Waals surface area contributed by atoms with Gasteiger partial charge in [0.05, 0.1) is 0 Å². The van der Waals surface area contributed by atoms with Crippen LogP contribution in [0.2, 0.25) is 5.02 Å². The fourth-order valence-electron chi connectivity index (χ4n) is 4.36. The second-order valence-electron chi connectivity index (χ2n) is 8.28. The van der Waals surface area contributed by atoms with E-state index in [2.05, 4.69) is 4.90 Å². The van der Waals surface area contributed by atoms with Crippen LogP contribution < -0.4 is 4.74 Å². The van der Waals surface area contributed by atoms with Crippen LogP contribution in [0.3, 0.4) is 0 Å². The molecule has 0 atom stereocenters. The average molecular weight is 393 g/mol. The Labute approximate surface area is 168 Å². The van der Waals surface area contributed by atoms with Crippen molar-refractivity contribution in [3.63, 3.8) is 0 Å². The third-order valence-corrected chi connectivity index (χ3v) is 6.39. The maximum absolute atomic E-state index is 12.2. The van der Waals surface area contributed by atoms with Crippen molar-refractivity contribution < 1.29 is 9.53 Å². The molecule has 5 heteroatoms. The first-order valence-corrected chi connectivity index (χ1v) is 10.9. The highest BCUT2D eigenvalue weighted by Gasteiger charge is 2.24. The van der Waals surface area contributed by atoms with Gasteiger partial charge in [0.25, 0.3) is 0 Å². The zero-order valence-electron chi connectivity index (χ0n) is 16.5. The summed E-state index contributed by atoms with van der Waals surface area (Å²) in [4.78, 5) is 16.6. The lowest BCUT2D eigenvalue weighted by Crippen LogP contribution is -2.36. The number of amides is 1. The van der Waals surface area contributed by atoms with Gasteiger partial charge < -0.3 is 14.5 Å². The summed E-state index contributed by atoms with van der Waals surface area (Å²) in [6.07, 6.45) is 10.3. The summed E-state index contributed by atoms with van der Waals surface area (Å²) in [5, 5.41) is 0.638. The lowest BCUT2D eigenvalue weighted by atomic mass is 9.80. The number of ether oxygens (including phenoxy) is 1. The van der Waals surface area contributed by atoms with Gasteiger partial charge in [0.2, 0.25) is 0 Å². The number of hydrogen-bond acceptors (Lipinski definition) is 3. The highest BCUT2D eigenvalue weighted by molar-refractivity contribution is 6.30. The van der Waals surface area contributed by atoms with E-state index in [0.29, 0.717) is 10.8 Å². The summed E-state index contributed by atoms with van der Waals surface area (Å²) < 4.78 is 5.40. The molecule has 1 aromatic carbocycles. The van der Waals surface area contributed by atoms with Crippen molar-refractivity contribution in [3.05, 3.63) is 29.3 Å². The van der Waals surface area contributed by atoms with Crippen molar-refractivity contribution in [1.29, 1.82) is 0 Å². The van der Waals surface area contributed by atoms with Gasteiger partial charge in [-0.3, -0.25) is 0 Å². The van der Waals surface area contributed by atoms with Crippen LogP contribution >= 0.6 is 11.6 Å². The quantitative estimate of drug-likeness (QED) is 0.645. The van der Waals surface area contributed by atoms with E-state index in [9.17, 15) is 4.79 Å². The van der Waals surface area contributed by atoms with Crippen molar-refractivity contribution in [2.75, 3.05) is 33.2 Å². The molecule has 0 radical (unpaired) electrons. The average Bonchev–Trinajstić information content (AvgIpc) is 2.69. The van der Waals surface area contributed by atoms with E-state index < -0.39 is 0 Å². The zero-order chi connectivity index (χ0) is 19.1. The van der Waals surface area contributed by atoms with Crippen molar-refractivity contribution in [2.24, 2.45) is 11.8 Å². The van der Waals surface area contributed by atoms with Crippen LogP contribution in [0.25, 0.3) is 0 Å². The van der Waals surface area contributed by atoms with E-state index in [1.54, 1.807) is 29.2 Å². The summed E-state index contributed by atoms with van der Waals surface area (Å²) in [7, 11) is 1.82. The Morgan fingerprint density at radius 1 is 1.07 bits per heavy atom. The molecule has 1 saturated carbocycles. The van der Waals surface area contributed by atoms with E-state index in [1.807, 2.05) is 7.05 Å². The number of halogens is 1. The van der Waals surface area contributed by atoms with Crippen LogP contribution in [0.15, 0.2) is 24.3 Å². The molecule has 3 rings (SSSR count). The zero-order valence-corrected chi connectivity index (χ0v) is 17.3. The fraction of sp³-hybridized carbons (Fsp3) is 0.682. The molecule has 0 bridgehead atoms. The van der Waals surface area contributed by atoms with Gasteiger partial charge in [0, 0.05) is 25.2 Å². The predicted molar refractivity (Wildman–Crippen MR) is 110 cm³/mol. The van der Waals surface area contributed by atoms with Gasteiger partial charge >= 0.3 is 6.09 Å². The molecule has 1 aromatic rings. The van der Waals surface area contributed by atoms with Crippen molar-refractivity contribution >= 4 is 17.7 Å². The minimum atomic E-state index is -0.295. The number of piperidine rings is 1. The Morgan fingerprint density at radius 2 is 1.70 bits per heavy atom. The first-order valence-electron chi connectivity index (χ1n) is 10.5. The second-order valence-corrected chi connectivity index (χ2v) is 8.72. The third-order valence-electron chi connectivity index (χ3n) is 6.13. The smallest absolute Gasteiger partial charge is 0.410 e. The van der Waals surface area contributed by atoms with Gasteiger partial charge in [-0.2, -0.15) is 0 Å². The van der Waals surface area contributed by atoms with Gasteiger partial charge in [-0.25, -0.2) is 4.79 Å². The normalized spacial score (nSPS) is 23.8. The maximum atomic E-state index is 12.2. The summed E-state index contributed by atoms with van der Waals surface area (Å²) in [6.45, 7) is 4.68. The highest BCUT2D eigenvalue weighted by Crippen LogP contribution is 2.32. The van der Waals surface area contributed by atoms with Crippen molar-refractivity contribution in [1.82, 2.24) is 9.80 Å². The third kappa shape index (κ3) is 6.69. The Bertz CT molecular complexity index is 578. The number of benzene rings is 1. The van der Waals surface area contributed by atoms with Gasteiger partial charge in [-0.1, -0.05) is 30.9 Å². The second kappa shape index (κ2) is 10.3. The van der Waals surface area contributed by atoms with E-state index >= 15 is 0 Å². The summed E-state index contributed by atoms with van der Waals surface area (Å²) in [5.41, 5.74) is 0. The van der Waals surface area contributed by atoms with Crippen molar-refractivity contribution in [3.8, 4) is 5.75 Å². The van der Waals surface area contributed by atoms with Gasteiger partial charge in [-0.15, -0.1) is 0 Å². The molecule has 0 spiro atoms. The molecular formula is C22H33ClN2O2. The van der Waals surface area contributed by atoms with E-state index in [1.165, 1.54) is 64.6 Å². The monoisotopic (exact) mass is 392 g/mol. The van der Waals surface area contributed by atoms with Gasteiger partial charge in [-0.05, 0) is 81.3 Å². The van der Waals surface area contributed by atoms with E-state index in [4.69, 9.17) is 16.3 Å². The molecule has 1 aliphatic heterocycles. The first-order chi connectivity index (χ1) is 13.1. The number of nitrogens with zero attached hydrogens (tertiary/aromatic N) is 2. The summed E-state index contributed by atoms with van der Waals surface area (Å²) in [6, 6.07) is 6.90. The lowest BCUT2D eigenvalue weighted by molar-refractivity contribution is 0.144. The number of carbonyl (C=O) groups is 1. The molecule has 0 unspecified atom stereocenters. The van der Waals surface area contributed by atoms with Crippen LogP contribution in [0.4, 0.5) is 4.79 Å². The number of hydrogen-bond donors (Lipinski definition) is 0. The van der Waals surface area contributed by atoms with Gasteiger partial charge in [0.1, 0.15) is 5.75 Å². The molecule has 1 amide bonds. The van der Waals surface area contributed by atoms with E-state index in [0.717, 1.165) is 24.8 Å². The Balaban J connectivity index is 1.32. The predicted octanol–water partition coefficient (Wildman–Crippen LogP) is 5.45. The lowest BCUT2D eigenvalue weighted by Gasteiger charge is -2.34. The molecule has 2 aliphatic rings. The fourth-order valence-corrected chi connectivity index (χ4v) is 4.48. The molecule has 4 nitrogen and oxygen atoms in total. The summed E-state index contributed by atoms with van der Waals surface area (Å²) >= 11 is 5.86. The highest BCUT2D eigenvalue weighted by atomic mass is 35.5. The molecule has 2 fully saturated rings.